The van der Waals surface area contributed by atoms with Crippen LogP contribution in [0.3, 0.4) is 0 Å². The Bertz CT molecular complexity index is 1180. The monoisotopic (exact) mass is 465 g/mol. The molecule has 0 radical (unpaired) electrons. The van der Waals surface area contributed by atoms with Crippen LogP contribution < -0.4 is 19.9 Å². The summed E-state index contributed by atoms with van der Waals surface area (Å²) in [5, 5.41) is 1.84. The number of carbonyl (C=O) groups excluding carboxylic acids is 2. The third-order valence-electron chi connectivity index (χ3n) is 4.97. The molecule has 0 unspecified atom stereocenters. The molecule has 5 rings (SSSR count). The molecule has 2 aliphatic heterocycles. The van der Waals surface area contributed by atoms with E-state index in [0.29, 0.717) is 55.4 Å². The van der Waals surface area contributed by atoms with Crippen molar-refractivity contribution < 1.29 is 18.7 Å². The highest BCUT2D eigenvalue weighted by Crippen LogP contribution is 2.27. The van der Waals surface area contributed by atoms with Crippen LogP contribution >= 0.6 is 11.8 Å². The van der Waals surface area contributed by atoms with Gasteiger partial charge in [0.05, 0.1) is 16.9 Å². The van der Waals surface area contributed by atoms with Crippen molar-refractivity contribution in [1.29, 1.82) is 0 Å². The van der Waals surface area contributed by atoms with E-state index in [1.165, 1.54) is 0 Å². The number of piperazine rings is 1. The lowest BCUT2D eigenvalue weighted by molar-refractivity contribution is -0.115. The smallest absolute Gasteiger partial charge is 0.290 e. The van der Waals surface area contributed by atoms with Crippen LogP contribution in [-0.4, -0.2) is 57.3 Å². The van der Waals surface area contributed by atoms with Gasteiger partial charge in [-0.2, -0.15) is 4.98 Å². The van der Waals surface area contributed by atoms with E-state index >= 15 is 0 Å². The lowest BCUT2D eigenvalue weighted by atomic mass is 10.3. The van der Waals surface area contributed by atoms with Crippen molar-refractivity contribution in [2.75, 3.05) is 36.0 Å². The second-order valence-corrected chi connectivity index (χ2v) is 8.19. The summed E-state index contributed by atoms with van der Waals surface area (Å²) in [5.74, 6) is 1.71. The molecular formula is C21H19N7O4S. The molecule has 12 heteroatoms. The topological polar surface area (TPSA) is 127 Å². The number of nitrogens with zero attached hydrogens (tertiary/aromatic N) is 6. The van der Waals surface area contributed by atoms with Crippen LogP contribution in [0.25, 0.3) is 6.08 Å². The van der Waals surface area contributed by atoms with E-state index in [4.69, 9.17) is 9.15 Å². The molecule has 0 aliphatic carbocycles. The Morgan fingerprint density at radius 3 is 2.48 bits per heavy atom. The number of rotatable bonds is 6. The van der Waals surface area contributed by atoms with Gasteiger partial charge in [-0.15, -0.1) is 0 Å². The van der Waals surface area contributed by atoms with Gasteiger partial charge < -0.3 is 19.0 Å². The molecule has 2 saturated heterocycles. The van der Waals surface area contributed by atoms with Gasteiger partial charge in [-0.1, -0.05) is 0 Å². The molecule has 168 valence electrons. The lowest BCUT2D eigenvalue weighted by Crippen LogP contribution is -2.47. The summed E-state index contributed by atoms with van der Waals surface area (Å²) in [4.78, 5) is 45.7. The summed E-state index contributed by atoms with van der Waals surface area (Å²) in [5.41, 5.74) is 0.468. The number of imide groups is 1. The van der Waals surface area contributed by atoms with Crippen molar-refractivity contribution in [1.82, 2.24) is 25.3 Å². The van der Waals surface area contributed by atoms with Gasteiger partial charge in [-0.3, -0.25) is 14.9 Å². The van der Waals surface area contributed by atoms with Gasteiger partial charge >= 0.3 is 0 Å². The van der Waals surface area contributed by atoms with Gasteiger partial charge in [0, 0.05) is 44.6 Å². The fourth-order valence-electron chi connectivity index (χ4n) is 3.38. The third-order valence-corrected chi connectivity index (χ3v) is 5.78. The van der Waals surface area contributed by atoms with E-state index < -0.39 is 11.1 Å². The van der Waals surface area contributed by atoms with E-state index in [1.54, 1.807) is 49.0 Å². The maximum atomic E-state index is 12.0. The molecule has 0 bridgehead atoms. The predicted molar refractivity (Wildman–Crippen MR) is 121 cm³/mol. The minimum atomic E-state index is -0.445. The molecule has 3 aromatic heterocycles. The fraction of sp³-hybridized carbons (Fsp3) is 0.238. The third kappa shape index (κ3) is 4.95. The number of hydrogen-bond acceptors (Lipinski definition) is 11. The highest BCUT2D eigenvalue weighted by atomic mass is 32.2. The molecule has 0 saturated carbocycles. The molecule has 0 spiro atoms. The van der Waals surface area contributed by atoms with Crippen molar-refractivity contribution in [3.05, 3.63) is 59.3 Å². The number of hydrogen-bond donors (Lipinski definition) is 1. The number of aromatic nitrogens is 4. The van der Waals surface area contributed by atoms with Crippen molar-refractivity contribution in [2.45, 2.75) is 6.61 Å². The van der Waals surface area contributed by atoms with Gasteiger partial charge in [-0.05, 0) is 36.0 Å². The first kappa shape index (κ1) is 20.9. The Morgan fingerprint density at radius 2 is 1.82 bits per heavy atom. The minimum absolute atomic E-state index is 0.201. The predicted octanol–water partition coefficient (Wildman–Crippen LogP) is 2.09. The number of furan rings is 1. The molecule has 5 heterocycles. The van der Waals surface area contributed by atoms with Gasteiger partial charge in [0.2, 0.25) is 17.8 Å². The number of carbonyl (C=O) groups is 2. The first-order chi connectivity index (χ1) is 16.1. The number of ether oxygens (including phenoxy) is 1. The second kappa shape index (κ2) is 9.28. The van der Waals surface area contributed by atoms with Crippen LogP contribution in [0.5, 0.6) is 5.88 Å². The Kier molecular flexibility index (Phi) is 5.89. The maximum absolute atomic E-state index is 12.0. The molecule has 3 aromatic rings. The van der Waals surface area contributed by atoms with Crippen LogP contribution in [0.2, 0.25) is 0 Å². The fourth-order valence-corrected chi connectivity index (χ4v) is 4.04. The zero-order valence-corrected chi connectivity index (χ0v) is 18.2. The highest BCUT2D eigenvalue weighted by Gasteiger charge is 2.26. The van der Waals surface area contributed by atoms with Crippen LogP contribution in [0.4, 0.5) is 16.7 Å². The summed E-state index contributed by atoms with van der Waals surface area (Å²) in [6.45, 7) is 2.92. The summed E-state index contributed by atoms with van der Waals surface area (Å²) >= 11 is 0.836. The Labute approximate surface area is 192 Å². The molecule has 2 fully saturated rings. The molecule has 2 aliphatic rings. The molecule has 0 atom stereocenters. The van der Waals surface area contributed by atoms with Crippen LogP contribution in [-0.2, 0) is 11.4 Å². The Morgan fingerprint density at radius 1 is 1.06 bits per heavy atom. The highest BCUT2D eigenvalue weighted by molar-refractivity contribution is 8.18. The van der Waals surface area contributed by atoms with Crippen molar-refractivity contribution in [3.63, 3.8) is 0 Å². The first-order valence-corrected chi connectivity index (χ1v) is 11.0. The van der Waals surface area contributed by atoms with Crippen LogP contribution in [0.1, 0.15) is 11.5 Å². The van der Waals surface area contributed by atoms with Crippen molar-refractivity contribution in [3.8, 4) is 5.88 Å². The Balaban J connectivity index is 1.37. The van der Waals surface area contributed by atoms with Gasteiger partial charge in [-0.25, -0.2) is 15.0 Å². The summed E-state index contributed by atoms with van der Waals surface area (Å²) in [7, 11) is 0. The van der Waals surface area contributed by atoms with Crippen LogP contribution in [0.15, 0.2) is 52.2 Å². The largest absolute Gasteiger partial charge is 0.469 e. The SMILES string of the molecule is O=C1NC(=O)/C(=C\c2cc(OCc3ccco3)nc(N3CCN(c4ncccn4)CC3)n2)S1. The summed E-state index contributed by atoms with van der Waals surface area (Å²) in [6.07, 6.45) is 6.57. The van der Waals surface area contributed by atoms with Gasteiger partial charge in [0.1, 0.15) is 12.4 Å². The average molecular weight is 465 g/mol. The molecule has 0 aromatic carbocycles. The van der Waals surface area contributed by atoms with Gasteiger partial charge in [0.15, 0.2) is 0 Å². The molecule has 11 nitrogen and oxygen atoms in total. The zero-order valence-electron chi connectivity index (χ0n) is 17.4. The van der Waals surface area contributed by atoms with Gasteiger partial charge in [0.25, 0.3) is 11.1 Å². The normalized spacial score (nSPS) is 17.5. The second-order valence-electron chi connectivity index (χ2n) is 7.17. The summed E-state index contributed by atoms with van der Waals surface area (Å²) < 4.78 is 11.1. The summed E-state index contributed by atoms with van der Waals surface area (Å²) in [6, 6.07) is 7.00. The quantitative estimate of drug-likeness (QED) is 0.538. The number of nitrogens with one attached hydrogen (secondary N) is 1. The first-order valence-electron chi connectivity index (χ1n) is 10.2. The molecule has 1 N–H and O–H groups in total. The van der Waals surface area contributed by atoms with Crippen molar-refractivity contribution >= 4 is 40.9 Å². The number of amides is 2. The van der Waals surface area contributed by atoms with E-state index in [-0.39, 0.29) is 11.5 Å². The minimum Gasteiger partial charge on any atom is -0.469 e. The van der Waals surface area contributed by atoms with E-state index in [9.17, 15) is 9.59 Å². The molecule has 2 amide bonds. The number of anilines is 2. The molecular weight excluding hydrogens is 446 g/mol. The average Bonchev–Trinajstić information content (AvgIpc) is 3.47. The van der Waals surface area contributed by atoms with Crippen molar-refractivity contribution in [2.24, 2.45) is 0 Å². The maximum Gasteiger partial charge on any atom is 0.290 e. The van der Waals surface area contributed by atoms with E-state index in [1.807, 2.05) is 4.90 Å². The van der Waals surface area contributed by atoms with E-state index in [0.717, 1.165) is 11.8 Å². The zero-order chi connectivity index (χ0) is 22.6. The molecule has 33 heavy (non-hydrogen) atoms. The lowest BCUT2D eigenvalue weighted by Gasteiger charge is -2.34. The Hall–Kier alpha value is -3.93. The standard InChI is InChI=1S/C21H19N7O4S/c29-18-16(33-21(30)26-18)11-14-12-17(32-13-15-3-1-10-31-15)25-20(24-14)28-8-6-27(7-9-28)19-22-4-2-5-23-19/h1-5,10-12H,6-9,13H2,(H,26,29,30)/b16-11+. The number of thioether (sulfide) groups is 1. The van der Waals surface area contributed by atoms with Crippen LogP contribution in [0, 0.1) is 0 Å². The van der Waals surface area contributed by atoms with E-state index in [2.05, 4.69) is 30.2 Å².